The summed E-state index contributed by atoms with van der Waals surface area (Å²) in [7, 11) is 4.41. The Labute approximate surface area is 213 Å². The van der Waals surface area contributed by atoms with E-state index in [1.165, 1.54) is 39.5 Å². The van der Waals surface area contributed by atoms with Crippen molar-refractivity contribution in [1.82, 2.24) is 10.3 Å². The van der Waals surface area contributed by atoms with Crippen molar-refractivity contribution in [3.63, 3.8) is 0 Å². The van der Waals surface area contributed by atoms with Gasteiger partial charge in [0.15, 0.2) is 22.2 Å². The van der Waals surface area contributed by atoms with E-state index in [-0.39, 0.29) is 22.3 Å². The van der Waals surface area contributed by atoms with Crippen molar-refractivity contribution >= 4 is 40.0 Å². The van der Waals surface area contributed by atoms with Crippen molar-refractivity contribution in [1.29, 1.82) is 0 Å². The van der Waals surface area contributed by atoms with Gasteiger partial charge in [-0.25, -0.2) is 4.98 Å². The second kappa shape index (κ2) is 10.1. The fourth-order valence-corrected chi connectivity index (χ4v) is 4.04. The second-order valence-electron chi connectivity index (χ2n) is 8.00. The van der Waals surface area contributed by atoms with Crippen LogP contribution in [0, 0.1) is 13.8 Å². The number of phenolic OH excluding ortho intramolecular Hbond substituents is 1. The maximum absolute atomic E-state index is 12.8. The lowest BCUT2D eigenvalue weighted by Crippen LogP contribution is -2.34. The Morgan fingerprint density at radius 2 is 1.69 bits per heavy atom. The summed E-state index contributed by atoms with van der Waals surface area (Å²) in [4.78, 5) is 17.4. The number of nitrogens with zero attached hydrogens (tertiary/aromatic N) is 1. The van der Waals surface area contributed by atoms with Crippen molar-refractivity contribution in [3.8, 4) is 34.5 Å². The second-order valence-corrected chi connectivity index (χ2v) is 8.41. The van der Waals surface area contributed by atoms with Crippen molar-refractivity contribution in [2.24, 2.45) is 0 Å². The van der Waals surface area contributed by atoms with Gasteiger partial charge in [0, 0.05) is 11.3 Å². The zero-order chi connectivity index (χ0) is 26.0. The third-order valence-corrected chi connectivity index (χ3v) is 5.66. The van der Waals surface area contributed by atoms with Gasteiger partial charge in [-0.3, -0.25) is 10.1 Å². The van der Waals surface area contributed by atoms with E-state index in [9.17, 15) is 9.90 Å². The monoisotopic (exact) mass is 507 g/mol. The van der Waals surface area contributed by atoms with Crippen molar-refractivity contribution in [2.75, 3.05) is 26.6 Å². The van der Waals surface area contributed by atoms with E-state index in [0.29, 0.717) is 39.6 Å². The van der Waals surface area contributed by atoms with Crippen LogP contribution in [0.25, 0.3) is 22.6 Å². The molecule has 0 atom stereocenters. The predicted molar refractivity (Wildman–Crippen MR) is 140 cm³/mol. The van der Waals surface area contributed by atoms with Gasteiger partial charge in [0.2, 0.25) is 11.6 Å². The highest BCUT2D eigenvalue weighted by atomic mass is 32.1. The quantitative estimate of drug-likeness (QED) is 0.246. The molecule has 1 aromatic heterocycles. The molecule has 3 N–H and O–H groups in total. The maximum atomic E-state index is 12.8. The molecule has 0 aliphatic carbocycles. The van der Waals surface area contributed by atoms with Gasteiger partial charge in [0.1, 0.15) is 11.3 Å². The molecule has 0 saturated carbocycles. The van der Waals surface area contributed by atoms with Crippen molar-refractivity contribution in [2.45, 2.75) is 13.8 Å². The Hall–Kier alpha value is -4.31. The molecule has 0 saturated heterocycles. The summed E-state index contributed by atoms with van der Waals surface area (Å²) in [5, 5.41) is 16.1. The summed E-state index contributed by atoms with van der Waals surface area (Å²) in [6, 6.07) is 11.7. The van der Waals surface area contributed by atoms with Gasteiger partial charge in [-0.15, -0.1) is 0 Å². The number of oxazole rings is 1. The normalized spacial score (nSPS) is 10.7. The van der Waals surface area contributed by atoms with E-state index in [4.69, 9.17) is 30.8 Å². The number of benzene rings is 3. The summed E-state index contributed by atoms with van der Waals surface area (Å²) >= 11 is 5.33. The average Bonchev–Trinajstić information content (AvgIpc) is 3.28. The summed E-state index contributed by atoms with van der Waals surface area (Å²) in [5.41, 5.74) is 4.54. The number of hydrogen-bond acceptors (Lipinski definition) is 8. The number of rotatable bonds is 6. The number of ether oxygens (including phenoxy) is 3. The lowest BCUT2D eigenvalue weighted by atomic mass is 10.1. The molecule has 0 radical (unpaired) electrons. The van der Waals surface area contributed by atoms with E-state index < -0.39 is 5.91 Å². The molecule has 186 valence electrons. The molecule has 0 aliphatic heterocycles. The number of amides is 1. The molecule has 4 rings (SSSR count). The number of nitrogens with one attached hydrogen (secondary N) is 2. The van der Waals surface area contributed by atoms with Crippen molar-refractivity contribution in [3.05, 3.63) is 59.2 Å². The van der Waals surface area contributed by atoms with Gasteiger partial charge in [-0.05, 0) is 73.6 Å². The molecule has 0 spiro atoms. The van der Waals surface area contributed by atoms with Crippen LogP contribution in [-0.2, 0) is 0 Å². The van der Waals surface area contributed by atoms with E-state index in [0.717, 1.165) is 11.1 Å². The van der Waals surface area contributed by atoms with E-state index in [1.54, 1.807) is 12.1 Å². The molecule has 1 heterocycles. The van der Waals surface area contributed by atoms with Gasteiger partial charge in [-0.2, -0.15) is 0 Å². The topological polar surface area (TPSA) is 115 Å². The van der Waals surface area contributed by atoms with Crippen LogP contribution in [0.3, 0.4) is 0 Å². The highest BCUT2D eigenvalue weighted by Crippen LogP contribution is 2.38. The third kappa shape index (κ3) is 4.89. The van der Waals surface area contributed by atoms with Crippen LogP contribution in [-0.4, -0.2) is 42.4 Å². The SMILES string of the molecule is COc1cc(C(=O)NC(=S)Nc2ccc(O)c(-c3nc4cc(C)cc(C)c4o3)c2)cc(OC)c1OC. The number of carbonyl (C=O) groups excluding carboxylic acids is 1. The van der Waals surface area contributed by atoms with Crippen LogP contribution in [0.1, 0.15) is 21.5 Å². The first-order valence-corrected chi connectivity index (χ1v) is 11.3. The zero-order valence-corrected chi connectivity index (χ0v) is 21.2. The predicted octanol–water partition coefficient (Wildman–Crippen LogP) is 4.97. The smallest absolute Gasteiger partial charge is 0.257 e. The van der Waals surface area contributed by atoms with Crippen LogP contribution in [0.2, 0.25) is 0 Å². The first kappa shape index (κ1) is 24.8. The number of carbonyl (C=O) groups is 1. The minimum atomic E-state index is -0.476. The molecular formula is C26H25N3O6S. The Bertz CT molecular complexity index is 1460. The molecule has 4 aromatic rings. The number of aryl methyl sites for hydroxylation is 2. The molecule has 9 nitrogen and oxygen atoms in total. The summed E-state index contributed by atoms with van der Waals surface area (Å²) in [6.45, 7) is 3.92. The molecule has 1 amide bonds. The maximum Gasteiger partial charge on any atom is 0.257 e. The first-order valence-electron chi connectivity index (χ1n) is 10.9. The fraction of sp³-hybridized carbons (Fsp3) is 0.192. The summed E-state index contributed by atoms with van der Waals surface area (Å²) in [5.74, 6) is 0.843. The number of fused-ring (bicyclic) bond motifs is 1. The van der Waals surface area contributed by atoms with E-state index >= 15 is 0 Å². The minimum absolute atomic E-state index is 0.00569. The average molecular weight is 508 g/mol. The highest BCUT2D eigenvalue weighted by Gasteiger charge is 2.19. The van der Waals surface area contributed by atoms with Crippen LogP contribution in [0.4, 0.5) is 5.69 Å². The molecule has 0 fully saturated rings. The number of hydrogen-bond donors (Lipinski definition) is 3. The van der Waals surface area contributed by atoms with Gasteiger partial charge in [0.25, 0.3) is 5.91 Å². The number of anilines is 1. The number of methoxy groups -OCH3 is 3. The summed E-state index contributed by atoms with van der Waals surface area (Å²) < 4.78 is 21.8. The van der Waals surface area contributed by atoms with Gasteiger partial charge < -0.3 is 29.1 Å². The number of aromatic hydroxyl groups is 1. The molecule has 10 heteroatoms. The van der Waals surface area contributed by atoms with Gasteiger partial charge >= 0.3 is 0 Å². The zero-order valence-electron chi connectivity index (χ0n) is 20.4. The van der Waals surface area contributed by atoms with Crippen LogP contribution < -0.4 is 24.8 Å². The third-order valence-electron chi connectivity index (χ3n) is 5.46. The molecule has 0 bridgehead atoms. The Kier molecular flexibility index (Phi) is 6.98. The molecule has 0 unspecified atom stereocenters. The number of phenols is 1. The van der Waals surface area contributed by atoms with Crippen LogP contribution in [0.15, 0.2) is 46.9 Å². The van der Waals surface area contributed by atoms with Crippen LogP contribution >= 0.6 is 12.2 Å². The molecule has 3 aromatic carbocycles. The lowest BCUT2D eigenvalue weighted by Gasteiger charge is -2.15. The molecule has 36 heavy (non-hydrogen) atoms. The minimum Gasteiger partial charge on any atom is -0.507 e. The van der Waals surface area contributed by atoms with E-state index in [1.807, 2.05) is 26.0 Å². The molecular weight excluding hydrogens is 482 g/mol. The largest absolute Gasteiger partial charge is 0.507 e. The Morgan fingerprint density at radius 3 is 2.33 bits per heavy atom. The lowest BCUT2D eigenvalue weighted by molar-refractivity contribution is 0.0977. The Morgan fingerprint density at radius 1 is 1.00 bits per heavy atom. The standard InChI is InChI=1S/C26H25N3O6S/c1-13-8-14(2)22-18(9-13)28-25(35-22)17-12-16(6-7-19(17)30)27-26(36)29-24(31)15-10-20(32-3)23(34-5)21(11-15)33-4/h6-12,30H,1-5H3,(H2,27,29,31,36). The highest BCUT2D eigenvalue weighted by molar-refractivity contribution is 7.80. The Balaban J connectivity index is 1.55. The van der Waals surface area contributed by atoms with Crippen molar-refractivity contribution < 1.29 is 28.5 Å². The van der Waals surface area contributed by atoms with Crippen LogP contribution in [0.5, 0.6) is 23.0 Å². The van der Waals surface area contributed by atoms with Gasteiger partial charge in [0.05, 0.1) is 26.9 Å². The van der Waals surface area contributed by atoms with Gasteiger partial charge in [-0.1, -0.05) is 6.07 Å². The first-order chi connectivity index (χ1) is 17.2. The number of aromatic nitrogens is 1. The fourth-order valence-electron chi connectivity index (χ4n) is 3.83. The number of thiocarbonyl (C=S) groups is 1. The summed E-state index contributed by atoms with van der Waals surface area (Å²) in [6.07, 6.45) is 0. The molecule has 0 aliphatic rings. The van der Waals surface area contributed by atoms with E-state index in [2.05, 4.69) is 15.6 Å².